The molecule has 11 unspecified atom stereocenters. The number of carbonyl (C=O) groups excluding carboxylic acids is 6. The van der Waals surface area contributed by atoms with Gasteiger partial charge in [0.25, 0.3) is 11.5 Å². The summed E-state index contributed by atoms with van der Waals surface area (Å²) >= 11 is 0. The summed E-state index contributed by atoms with van der Waals surface area (Å²) in [7, 11) is 1.15. The number of benzene rings is 2. The van der Waals surface area contributed by atoms with Crippen LogP contribution < -0.4 is 59.1 Å². The number of hydrogen-bond donors (Lipinski definition) is 14. The molecule has 3 fully saturated rings. The molecule has 3 aromatic rings. The number of aliphatic hydroxyl groups excluding tert-OH is 4. The summed E-state index contributed by atoms with van der Waals surface area (Å²) in [5.74, 6) is -7.10. The van der Waals surface area contributed by atoms with Gasteiger partial charge in [-0.2, -0.15) is 0 Å². The van der Waals surface area contributed by atoms with Crippen LogP contribution in [-0.2, 0) is 38.1 Å². The van der Waals surface area contributed by atoms with Crippen LogP contribution in [0.2, 0.25) is 0 Å². The van der Waals surface area contributed by atoms with Gasteiger partial charge in [0.1, 0.15) is 78.5 Å². The van der Waals surface area contributed by atoms with Crippen LogP contribution in [-0.4, -0.2) is 206 Å². The van der Waals surface area contributed by atoms with Gasteiger partial charge >= 0.3 is 29.8 Å². The molecule has 0 radical (unpaired) electrons. The molecule has 33 heteroatoms. The zero-order valence-corrected chi connectivity index (χ0v) is 46.5. The van der Waals surface area contributed by atoms with E-state index in [0.29, 0.717) is 4.90 Å². The van der Waals surface area contributed by atoms with Crippen molar-refractivity contribution in [3.8, 4) is 0 Å². The minimum atomic E-state index is -2.09. The van der Waals surface area contributed by atoms with Crippen molar-refractivity contribution < 1.29 is 86.8 Å². The number of aliphatic carboxylic acids is 1. The Kier molecular flexibility index (Phi) is 21.3. The molecule has 15 atom stereocenters. The number of halogens is 2. The molecule has 4 aliphatic rings. The van der Waals surface area contributed by atoms with Crippen LogP contribution in [0, 0.1) is 23.5 Å². The Morgan fingerprint density at radius 2 is 1.51 bits per heavy atom. The minimum Gasteiger partial charge on any atom is -0.480 e. The smallest absolute Gasteiger partial charge is 0.332 e. The first-order valence-corrected chi connectivity index (χ1v) is 27.0. The second-order valence-electron chi connectivity index (χ2n) is 21.1. The molecule has 5 heterocycles. The number of nitrogens with two attached hydrogens (primary N) is 1. The van der Waals surface area contributed by atoms with Gasteiger partial charge in [-0.3, -0.25) is 33.7 Å². The summed E-state index contributed by atoms with van der Waals surface area (Å²) in [4.78, 5) is 129. The van der Waals surface area contributed by atoms with Crippen LogP contribution in [0.1, 0.15) is 46.8 Å². The zero-order chi connectivity index (χ0) is 62.1. The van der Waals surface area contributed by atoms with Crippen molar-refractivity contribution in [2.24, 2.45) is 22.6 Å². The van der Waals surface area contributed by atoms with Crippen molar-refractivity contribution in [3.05, 3.63) is 93.3 Å². The molecule has 0 spiro atoms. The molecule has 7 rings (SSSR count). The van der Waals surface area contributed by atoms with E-state index in [0.717, 1.165) is 65.2 Å². The van der Waals surface area contributed by atoms with Crippen molar-refractivity contribution in [1.29, 1.82) is 0 Å². The van der Waals surface area contributed by atoms with E-state index < -0.39 is 181 Å². The van der Waals surface area contributed by atoms with Crippen LogP contribution in [0.25, 0.3) is 0 Å². The van der Waals surface area contributed by atoms with Gasteiger partial charge in [-0.05, 0) is 73.2 Å². The van der Waals surface area contributed by atoms with E-state index in [1.165, 1.54) is 12.1 Å². The first-order valence-electron chi connectivity index (χ1n) is 27.0. The Balaban J connectivity index is 1.16. The zero-order valence-electron chi connectivity index (χ0n) is 46.5. The van der Waals surface area contributed by atoms with Gasteiger partial charge in [-0.15, -0.1) is 0 Å². The molecule has 15 N–H and O–H groups in total. The predicted octanol–water partition coefficient (Wildman–Crippen LogP) is -2.96. The molecule has 0 saturated carbocycles. The number of aliphatic imine (C=N–C) groups is 1. The monoisotopic (exact) mass is 1200 g/mol. The molecular weight excluding hydrogens is 1130 g/mol. The molecule has 464 valence electrons. The molecule has 4 aliphatic heterocycles. The molecule has 2 aromatic carbocycles. The Morgan fingerprint density at radius 1 is 0.835 bits per heavy atom. The lowest BCUT2D eigenvalue weighted by molar-refractivity contribution is -0.232. The number of amides is 9. The van der Waals surface area contributed by atoms with Crippen LogP contribution >= 0.6 is 0 Å². The number of aromatic amines is 1. The van der Waals surface area contributed by atoms with Crippen LogP contribution in [0.4, 0.5) is 34.5 Å². The largest absolute Gasteiger partial charge is 0.480 e. The molecule has 31 nitrogen and oxygen atoms in total. The van der Waals surface area contributed by atoms with Gasteiger partial charge < -0.3 is 92.3 Å². The third-order valence-electron chi connectivity index (χ3n) is 14.5. The maximum atomic E-state index is 15.1. The fourth-order valence-electron chi connectivity index (χ4n) is 10.00. The summed E-state index contributed by atoms with van der Waals surface area (Å²) in [5, 5.41) is 73.5. The predicted molar refractivity (Wildman–Crippen MR) is 291 cm³/mol. The third-order valence-corrected chi connectivity index (χ3v) is 14.5. The molecule has 0 bridgehead atoms. The second kappa shape index (κ2) is 28.1. The summed E-state index contributed by atoms with van der Waals surface area (Å²) in [6.45, 7) is 5.00. The van der Waals surface area contributed by atoms with Crippen molar-refractivity contribution in [2.45, 2.75) is 132 Å². The van der Waals surface area contributed by atoms with Crippen LogP contribution in [0.5, 0.6) is 0 Å². The van der Waals surface area contributed by atoms with E-state index in [1.54, 1.807) is 27.7 Å². The van der Waals surface area contributed by atoms with Crippen LogP contribution in [0.15, 0.2) is 75.4 Å². The summed E-state index contributed by atoms with van der Waals surface area (Å²) in [6, 6.07) is -0.649. The number of hydrogen-bond acceptors (Lipinski definition) is 20. The van der Waals surface area contributed by atoms with E-state index in [2.05, 4.69) is 42.2 Å². The lowest BCUT2D eigenvalue weighted by Crippen LogP contribution is -2.66. The number of guanidine groups is 1. The maximum Gasteiger partial charge on any atom is 0.332 e. The Bertz CT molecular complexity index is 3050. The topological polar surface area (TPSA) is 441 Å². The minimum absolute atomic E-state index is 0.0796. The number of aromatic nitrogens is 2. The average Bonchev–Trinajstić information content (AvgIpc) is 1.97. The number of anilines is 2. The summed E-state index contributed by atoms with van der Waals surface area (Å²) < 4.78 is 52.9. The number of carbonyl (C=O) groups is 7. The van der Waals surface area contributed by atoms with E-state index in [9.17, 15) is 72.7 Å². The van der Waals surface area contributed by atoms with Gasteiger partial charge in [-0.1, -0.05) is 27.7 Å². The van der Waals surface area contributed by atoms with Gasteiger partial charge in [0, 0.05) is 51.2 Å². The highest BCUT2D eigenvalue weighted by Crippen LogP contribution is 2.39. The average molecular weight is 1200 g/mol. The highest BCUT2D eigenvalue weighted by molar-refractivity contribution is 6.21. The number of rotatable bonds is 24. The normalized spacial score (nSPS) is 25.8. The number of imide groups is 1. The SMILES string of the molecule is COC1C(O[C@H](C2C(=O)N(c3ccc(F)cc3)C(=O)N2CCCNC(=O)C(NC(=O)C(NC(=O)NC(C(=O)O)C(C)C)C2CCN=C(N)N2)C(O)C(C)C)[C@H]2O[C@@H](n3ccc(=O)[nH]c3=O)C(O)C2O)O[C@H](CNC(=O)Nc2ccc(F)cc2)C1O. The fraction of sp³-hybridized carbons (Fsp3) is 0.538. The Hall–Kier alpha value is -8.18. The third kappa shape index (κ3) is 15.2. The van der Waals surface area contributed by atoms with Gasteiger partial charge in [0.15, 0.2) is 18.5 Å². The standard InChI is InChI=1S/C52H69F2N13O18/c1-22(2)31(46(76)77)63-50(79)64-32(28-15-18-57-48(55)60-28)43(74)62-33(35(69)23(3)4)42(73)56-17-6-19-65-34(44(75)67(52(65)81)27-13-9-25(54)10-14-27)39(40-37(71)38(72)45(84-40)66-20-16-30(68)61-51(66)80)85-47-41(82-5)36(70)29(83-47)21-58-49(78)59-26-11-7-24(53)8-12-26/h7-14,16,20,22-23,28-29,31-41,45,47,69-72H,6,15,17-19,21H2,1-5H3,(H,56,73)(H,62,74)(H,76,77)(H3,55,57,60)(H2,58,59,78)(H,61,68,80)(H2,63,64,79)/t28?,29-,31?,32?,33?,34?,35?,36?,37?,38?,39-,40+,41?,45-,47?/m1/s1. The van der Waals surface area contributed by atoms with E-state index >= 15 is 4.79 Å². The highest BCUT2D eigenvalue weighted by Gasteiger charge is 2.59. The highest BCUT2D eigenvalue weighted by atomic mass is 19.1. The number of ether oxygens (including phenoxy) is 4. The van der Waals surface area contributed by atoms with Crippen molar-refractivity contribution in [1.82, 2.24) is 46.4 Å². The number of carboxylic acids is 1. The molecule has 9 amide bonds. The van der Waals surface area contributed by atoms with Gasteiger partial charge in [0.2, 0.25) is 11.8 Å². The number of H-pyrrole nitrogens is 1. The molecule has 0 aliphatic carbocycles. The van der Waals surface area contributed by atoms with E-state index in [4.69, 9.17) is 24.7 Å². The lowest BCUT2D eigenvalue weighted by atomic mass is 9.97. The van der Waals surface area contributed by atoms with Gasteiger partial charge in [-0.25, -0.2) is 37.7 Å². The summed E-state index contributed by atoms with van der Waals surface area (Å²) in [6.07, 6.45) is -16.8. The first-order chi connectivity index (χ1) is 40.3. The Morgan fingerprint density at radius 3 is 2.12 bits per heavy atom. The number of methoxy groups -OCH3 is 1. The van der Waals surface area contributed by atoms with Gasteiger partial charge in [0.05, 0.1) is 17.8 Å². The first kappa shape index (κ1) is 64.4. The quantitative estimate of drug-likeness (QED) is 0.0315. The summed E-state index contributed by atoms with van der Waals surface area (Å²) in [5.41, 5.74) is 4.02. The fourth-order valence-corrected chi connectivity index (χ4v) is 10.00. The second-order valence-corrected chi connectivity index (χ2v) is 21.1. The van der Waals surface area contributed by atoms with Crippen molar-refractivity contribution >= 4 is 59.1 Å². The van der Waals surface area contributed by atoms with E-state index in [1.807, 2.05) is 4.98 Å². The number of aliphatic hydroxyl groups is 4. The maximum absolute atomic E-state index is 15.1. The van der Waals surface area contributed by atoms with Crippen molar-refractivity contribution in [3.63, 3.8) is 0 Å². The van der Waals surface area contributed by atoms with E-state index in [-0.39, 0.29) is 43.3 Å². The lowest BCUT2D eigenvalue weighted by Gasteiger charge is -2.36. The molecule has 85 heavy (non-hydrogen) atoms. The number of nitrogens with zero attached hydrogens (tertiary/aromatic N) is 4. The molecule has 3 saturated heterocycles. The molecular formula is C52H69F2N13O18. The molecule has 1 aromatic heterocycles. The number of urea groups is 3. The number of nitrogens with one attached hydrogen (secondary N) is 8. The Labute approximate surface area is 482 Å². The van der Waals surface area contributed by atoms with Crippen LogP contribution in [0.3, 0.4) is 0 Å². The van der Waals surface area contributed by atoms with Crippen molar-refractivity contribution in [2.75, 3.05) is 43.5 Å². The number of carboxylic acid groups (broad SMARTS) is 1.